The fourth-order valence-corrected chi connectivity index (χ4v) is 4.58. The molecule has 156 valence electrons. The second kappa shape index (κ2) is 8.22. The molecule has 7 heteroatoms. The Balaban J connectivity index is 1.77. The maximum atomic E-state index is 13.6. The van der Waals surface area contributed by atoms with Gasteiger partial charge in [-0.3, -0.25) is 9.59 Å². The van der Waals surface area contributed by atoms with Gasteiger partial charge in [-0.05, 0) is 43.2 Å². The van der Waals surface area contributed by atoms with Crippen LogP contribution in [0.2, 0.25) is 0 Å². The number of rotatable bonds is 4. The molecule has 0 aromatic heterocycles. The van der Waals surface area contributed by atoms with Gasteiger partial charge in [-0.1, -0.05) is 53.4 Å². The number of hydrogen-bond acceptors (Lipinski definition) is 4. The number of fused-ring (bicyclic) bond motifs is 1. The van der Waals surface area contributed by atoms with E-state index in [1.54, 1.807) is 55.6 Å². The molecule has 1 atom stereocenters. The first-order valence-electron chi connectivity index (χ1n) is 10.1. The lowest BCUT2D eigenvalue weighted by Crippen LogP contribution is -2.55. The normalized spacial score (nSPS) is 21.3. The van der Waals surface area contributed by atoms with Crippen molar-refractivity contribution in [1.29, 1.82) is 0 Å². The van der Waals surface area contributed by atoms with E-state index < -0.39 is 23.4 Å². The van der Waals surface area contributed by atoms with E-state index in [1.165, 1.54) is 4.90 Å². The highest BCUT2D eigenvalue weighted by atomic mass is 79.9. The maximum absolute atomic E-state index is 13.6. The van der Waals surface area contributed by atoms with Crippen molar-refractivity contribution >= 4 is 39.4 Å². The molecule has 2 aliphatic rings. The van der Waals surface area contributed by atoms with Crippen molar-refractivity contribution in [3.05, 3.63) is 64.1 Å². The fourth-order valence-electron chi connectivity index (χ4n) is 4.21. The van der Waals surface area contributed by atoms with Crippen molar-refractivity contribution in [1.82, 2.24) is 5.32 Å². The van der Waals surface area contributed by atoms with E-state index in [0.29, 0.717) is 15.7 Å². The predicted octanol–water partition coefficient (Wildman–Crippen LogP) is 3.93. The number of hydrogen-bond donors (Lipinski definition) is 1. The molecule has 1 aliphatic carbocycles. The largest absolute Gasteiger partial charge is 0.430 e. The molecule has 1 aliphatic heterocycles. The number of carbonyl (C=O) groups is 3. The zero-order chi connectivity index (χ0) is 21.3. The second-order valence-electron chi connectivity index (χ2n) is 7.77. The first-order valence-corrected chi connectivity index (χ1v) is 10.9. The van der Waals surface area contributed by atoms with Crippen LogP contribution < -0.4 is 10.2 Å². The summed E-state index contributed by atoms with van der Waals surface area (Å²) in [5.41, 5.74) is -0.871. The van der Waals surface area contributed by atoms with Crippen molar-refractivity contribution in [3.8, 4) is 0 Å². The molecular formula is C23H23BrN2O4. The SMILES string of the molecule is CN1C(=O)C(OC(=O)c2ccccc2)(C(=O)NC2CCCCC2)c2cc(Br)ccc21. The number of carbonyl (C=O) groups excluding carboxylic acids is 3. The number of esters is 1. The van der Waals surface area contributed by atoms with E-state index in [-0.39, 0.29) is 11.6 Å². The van der Waals surface area contributed by atoms with Crippen LogP contribution in [0.1, 0.15) is 48.0 Å². The molecule has 2 aromatic rings. The van der Waals surface area contributed by atoms with Crippen LogP contribution >= 0.6 is 15.9 Å². The molecule has 6 nitrogen and oxygen atoms in total. The number of ether oxygens (including phenoxy) is 1. The molecule has 0 saturated heterocycles. The number of anilines is 1. The average molecular weight is 471 g/mol. The summed E-state index contributed by atoms with van der Waals surface area (Å²) in [6.45, 7) is 0. The summed E-state index contributed by atoms with van der Waals surface area (Å²) in [5.74, 6) is -1.88. The Kier molecular flexibility index (Phi) is 5.64. The minimum atomic E-state index is -2.06. The van der Waals surface area contributed by atoms with Gasteiger partial charge < -0.3 is 15.0 Å². The Morgan fingerprint density at radius 3 is 2.50 bits per heavy atom. The van der Waals surface area contributed by atoms with Crippen LogP contribution in [0, 0.1) is 0 Å². The van der Waals surface area contributed by atoms with Crippen molar-refractivity contribution < 1.29 is 19.1 Å². The summed E-state index contributed by atoms with van der Waals surface area (Å²) in [7, 11) is 1.58. The van der Waals surface area contributed by atoms with Crippen LogP contribution in [0.4, 0.5) is 5.69 Å². The Hall–Kier alpha value is -2.67. The molecule has 0 spiro atoms. The lowest BCUT2D eigenvalue weighted by Gasteiger charge is -2.30. The summed E-state index contributed by atoms with van der Waals surface area (Å²) in [6.07, 6.45) is 4.89. The van der Waals surface area contributed by atoms with E-state index >= 15 is 0 Å². The topological polar surface area (TPSA) is 75.7 Å². The van der Waals surface area contributed by atoms with Gasteiger partial charge in [0.15, 0.2) is 0 Å². The number of amides is 2. The molecule has 1 unspecified atom stereocenters. The Morgan fingerprint density at radius 1 is 1.10 bits per heavy atom. The Morgan fingerprint density at radius 2 is 1.80 bits per heavy atom. The monoisotopic (exact) mass is 470 g/mol. The number of nitrogens with one attached hydrogen (secondary N) is 1. The predicted molar refractivity (Wildman–Crippen MR) is 116 cm³/mol. The minimum Gasteiger partial charge on any atom is -0.430 e. The molecule has 0 radical (unpaired) electrons. The molecule has 2 aromatic carbocycles. The first-order chi connectivity index (χ1) is 14.4. The fraction of sp³-hybridized carbons (Fsp3) is 0.348. The quantitative estimate of drug-likeness (QED) is 0.542. The highest BCUT2D eigenvalue weighted by Crippen LogP contribution is 2.44. The lowest BCUT2D eigenvalue weighted by atomic mass is 9.91. The van der Waals surface area contributed by atoms with Gasteiger partial charge in [-0.25, -0.2) is 4.79 Å². The number of likely N-dealkylation sites (N-methyl/N-ethyl adjacent to an activating group) is 1. The Bertz CT molecular complexity index is 988. The molecule has 30 heavy (non-hydrogen) atoms. The van der Waals surface area contributed by atoms with Crippen molar-refractivity contribution in [2.24, 2.45) is 0 Å². The third-order valence-corrected chi connectivity index (χ3v) is 6.31. The van der Waals surface area contributed by atoms with Gasteiger partial charge in [0.25, 0.3) is 17.4 Å². The summed E-state index contributed by atoms with van der Waals surface area (Å²) in [5, 5.41) is 2.99. The maximum Gasteiger partial charge on any atom is 0.340 e. The molecule has 4 rings (SSSR count). The van der Waals surface area contributed by atoms with Crippen molar-refractivity contribution in [2.75, 3.05) is 11.9 Å². The zero-order valence-electron chi connectivity index (χ0n) is 16.7. The van der Waals surface area contributed by atoms with E-state index in [9.17, 15) is 14.4 Å². The van der Waals surface area contributed by atoms with Crippen LogP contribution in [0.5, 0.6) is 0 Å². The number of nitrogens with zero attached hydrogens (tertiary/aromatic N) is 1. The molecule has 2 amide bonds. The highest BCUT2D eigenvalue weighted by molar-refractivity contribution is 9.10. The number of benzene rings is 2. The van der Waals surface area contributed by atoms with E-state index in [4.69, 9.17) is 4.74 Å². The zero-order valence-corrected chi connectivity index (χ0v) is 18.3. The smallest absolute Gasteiger partial charge is 0.340 e. The van der Waals surface area contributed by atoms with Crippen LogP contribution in [-0.2, 0) is 19.9 Å². The van der Waals surface area contributed by atoms with Gasteiger partial charge in [0.05, 0.1) is 11.3 Å². The summed E-state index contributed by atoms with van der Waals surface area (Å²) >= 11 is 3.41. The Labute approximate surface area is 183 Å². The number of halogens is 1. The van der Waals surface area contributed by atoms with Crippen molar-refractivity contribution in [3.63, 3.8) is 0 Å². The summed E-state index contributed by atoms with van der Waals surface area (Å²) < 4.78 is 6.48. The minimum absolute atomic E-state index is 0.0344. The molecular weight excluding hydrogens is 448 g/mol. The van der Waals surface area contributed by atoms with E-state index in [1.807, 2.05) is 0 Å². The van der Waals surface area contributed by atoms with Crippen LogP contribution in [0.15, 0.2) is 53.0 Å². The average Bonchev–Trinajstić information content (AvgIpc) is 2.97. The van der Waals surface area contributed by atoms with Crippen LogP contribution in [0.25, 0.3) is 0 Å². The summed E-state index contributed by atoms with van der Waals surface area (Å²) in [4.78, 5) is 41.3. The van der Waals surface area contributed by atoms with Gasteiger partial charge in [0.1, 0.15) is 0 Å². The molecule has 1 saturated carbocycles. The van der Waals surface area contributed by atoms with Gasteiger partial charge in [0.2, 0.25) is 0 Å². The van der Waals surface area contributed by atoms with E-state index in [2.05, 4.69) is 21.2 Å². The third-order valence-electron chi connectivity index (χ3n) is 5.82. The molecule has 1 fully saturated rings. The first kappa shape index (κ1) is 20.6. The van der Waals surface area contributed by atoms with Gasteiger partial charge in [0, 0.05) is 23.1 Å². The van der Waals surface area contributed by atoms with Crippen LogP contribution in [0.3, 0.4) is 0 Å². The van der Waals surface area contributed by atoms with Gasteiger partial charge in [-0.2, -0.15) is 0 Å². The van der Waals surface area contributed by atoms with E-state index in [0.717, 1.165) is 32.1 Å². The lowest BCUT2D eigenvalue weighted by molar-refractivity contribution is -0.153. The standard InChI is InChI=1S/C23H23BrN2O4/c1-26-19-13-12-16(24)14-18(19)23(22(26)29,21(28)25-17-10-6-3-7-11-17)30-20(27)15-8-4-2-5-9-15/h2,4-5,8-9,12-14,17H,3,6-7,10-11H2,1H3,(H,25,28). The highest BCUT2D eigenvalue weighted by Gasteiger charge is 2.59. The van der Waals surface area contributed by atoms with Crippen molar-refractivity contribution in [2.45, 2.75) is 43.7 Å². The third kappa shape index (κ3) is 3.51. The summed E-state index contributed by atoms with van der Waals surface area (Å²) in [6, 6.07) is 13.6. The molecule has 1 N–H and O–H groups in total. The second-order valence-corrected chi connectivity index (χ2v) is 8.69. The van der Waals surface area contributed by atoms with Gasteiger partial charge >= 0.3 is 5.97 Å². The van der Waals surface area contributed by atoms with Gasteiger partial charge in [-0.15, -0.1) is 0 Å². The molecule has 0 bridgehead atoms. The molecule has 1 heterocycles. The van der Waals surface area contributed by atoms with Crippen LogP contribution in [-0.4, -0.2) is 30.9 Å².